The first-order valence-electron chi connectivity index (χ1n) is 4.62. The van der Waals surface area contributed by atoms with Gasteiger partial charge in [-0.05, 0) is 18.9 Å². The van der Waals surface area contributed by atoms with Crippen molar-refractivity contribution in [2.45, 2.75) is 19.8 Å². The molecule has 0 aliphatic carbocycles. The van der Waals surface area contributed by atoms with Crippen LogP contribution in [0.4, 0.5) is 0 Å². The summed E-state index contributed by atoms with van der Waals surface area (Å²) in [6.45, 7) is 1.88. The fraction of sp³-hybridized carbons (Fsp3) is 0.250. The molecular weight excluding hydrogens is 176 g/mol. The number of hydrogen-bond acceptors (Lipinski definition) is 1. The van der Waals surface area contributed by atoms with Crippen molar-refractivity contribution in [1.82, 2.24) is 0 Å². The van der Waals surface area contributed by atoms with Crippen molar-refractivity contribution in [3.05, 3.63) is 47.5 Å². The Labute approximate surface area is 83.9 Å². The number of carboxylic acid groups (broad SMARTS) is 1. The third-order valence-corrected chi connectivity index (χ3v) is 2.06. The Balaban J connectivity index is 2.63. The summed E-state index contributed by atoms with van der Waals surface area (Å²) in [5.41, 5.74) is 2.10. The molecule has 0 fully saturated rings. The molecule has 2 nitrogen and oxygen atoms in total. The third-order valence-electron chi connectivity index (χ3n) is 2.06. The summed E-state index contributed by atoms with van der Waals surface area (Å²) < 4.78 is 0. The molecule has 0 radical (unpaired) electrons. The Morgan fingerprint density at radius 3 is 2.50 bits per heavy atom. The molecule has 0 unspecified atom stereocenters. The largest absolute Gasteiger partial charge is 0.481 e. The second-order valence-corrected chi connectivity index (χ2v) is 3.18. The fourth-order valence-electron chi connectivity index (χ4n) is 1.32. The quantitative estimate of drug-likeness (QED) is 0.741. The minimum Gasteiger partial charge on any atom is -0.481 e. The Hall–Kier alpha value is -1.57. The Bertz CT molecular complexity index is 325. The van der Waals surface area contributed by atoms with Crippen LogP contribution in [0.2, 0.25) is 0 Å². The van der Waals surface area contributed by atoms with Gasteiger partial charge in [-0.25, -0.2) is 0 Å². The first-order chi connectivity index (χ1) is 6.72. The summed E-state index contributed by atoms with van der Waals surface area (Å²) in [5.74, 6) is -0.769. The number of carbonyl (C=O) groups is 1. The van der Waals surface area contributed by atoms with Crippen LogP contribution in [0.5, 0.6) is 0 Å². The molecule has 0 atom stereocenters. The Morgan fingerprint density at radius 1 is 1.36 bits per heavy atom. The van der Waals surface area contributed by atoms with Crippen LogP contribution in [-0.4, -0.2) is 11.1 Å². The van der Waals surface area contributed by atoms with E-state index in [1.54, 1.807) is 0 Å². The molecule has 0 saturated carbocycles. The maximum atomic E-state index is 10.5. The third kappa shape index (κ3) is 3.44. The van der Waals surface area contributed by atoms with Gasteiger partial charge in [-0.1, -0.05) is 42.0 Å². The fourth-order valence-corrected chi connectivity index (χ4v) is 1.32. The van der Waals surface area contributed by atoms with Crippen LogP contribution in [-0.2, 0) is 11.2 Å². The van der Waals surface area contributed by atoms with E-state index in [9.17, 15) is 4.79 Å². The van der Waals surface area contributed by atoms with E-state index in [1.165, 1.54) is 0 Å². The van der Waals surface area contributed by atoms with E-state index in [0.717, 1.165) is 17.6 Å². The van der Waals surface area contributed by atoms with Crippen molar-refractivity contribution in [1.29, 1.82) is 0 Å². The van der Waals surface area contributed by atoms with Crippen molar-refractivity contribution >= 4 is 5.97 Å². The Kier molecular flexibility index (Phi) is 3.92. The van der Waals surface area contributed by atoms with Gasteiger partial charge in [0, 0.05) is 0 Å². The second-order valence-electron chi connectivity index (χ2n) is 3.18. The van der Waals surface area contributed by atoms with Crippen LogP contribution < -0.4 is 0 Å². The molecule has 0 heterocycles. The predicted molar refractivity (Wildman–Crippen MR) is 56.2 cm³/mol. The average Bonchev–Trinajstić information content (AvgIpc) is 2.17. The number of benzene rings is 1. The van der Waals surface area contributed by atoms with Crippen LogP contribution in [0.25, 0.3) is 0 Å². The minimum atomic E-state index is -0.769. The van der Waals surface area contributed by atoms with Crippen molar-refractivity contribution in [3.63, 3.8) is 0 Å². The molecule has 1 aromatic rings. The number of aliphatic carboxylic acids is 1. The van der Waals surface area contributed by atoms with Gasteiger partial charge in [-0.2, -0.15) is 0 Å². The zero-order valence-corrected chi connectivity index (χ0v) is 8.23. The van der Waals surface area contributed by atoms with Gasteiger partial charge in [-0.15, -0.1) is 0 Å². The van der Waals surface area contributed by atoms with Gasteiger partial charge in [-0.3, -0.25) is 4.79 Å². The number of allylic oxidation sites excluding steroid dienone is 1. The highest BCUT2D eigenvalue weighted by Gasteiger charge is 2.03. The lowest BCUT2D eigenvalue weighted by Crippen LogP contribution is -1.99. The van der Waals surface area contributed by atoms with Gasteiger partial charge >= 0.3 is 5.97 Å². The standard InChI is InChI=1S/C12H14O2/c1-2-10(9-12(13)14)8-11-6-4-3-5-7-11/h2-7H,8-9H2,1H3,(H,13,14). The molecule has 0 spiro atoms. The molecule has 0 bridgehead atoms. The number of rotatable bonds is 4. The average molecular weight is 190 g/mol. The van der Waals surface area contributed by atoms with Crippen LogP contribution in [0.15, 0.2) is 42.0 Å². The van der Waals surface area contributed by atoms with Gasteiger partial charge in [0.25, 0.3) is 0 Å². The first kappa shape index (κ1) is 10.5. The van der Waals surface area contributed by atoms with Crippen LogP contribution in [0.3, 0.4) is 0 Å². The maximum absolute atomic E-state index is 10.5. The smallest absolute Gasteiger partial charge is 0.307 e. The van der Waals surface area contributed by atoms with E-state index in [4.69, 9.17) is 5.11 Å². The summed E-state index contributed by atoms with van der Waals surface area (Å²) in [6.07, 6.45) is 2.73. The highest BCUT2D eigenvalue weighted by atomic mass is 16.4. The van der Waals surface area contributed by atoms with Gasteiger partial charge < -0.3 is 5.11 Å². The monoisotopic (exact) mass is 190 g/mol. The molecule has 0 saturated heterocycles. The van der Waals surface area contributed by atoms with Crippen molar-refractivity contribution < 1.29 is 9.90 Å². The van der Waals surface area contributed by atoms with E-state index in [1.807, 2.05) is 43.3 Å². The minimum absolute atomic E-state index is 0.130. The molecule has 1 N–H and O–H groups in total. The van der Waals surface area contributed by atoms with E-state index < -0.39 is 5.97 Å². The summed E-state index contributed by atoms with van der Waals surface area (Å²) >= 11 is 0. The summed E-state index contributed by atoms with van der Waals surface area (Å²) in [7, 11) is 0. The molecule has 0 aliphatic rings. The molecule has 74 valence electrons. The van der Waals surface area contributed by atoms with E-state index in [2.05, 4.69) is 0 Å². The molecule has 14 heavy (non-hydrogen) atoms. The first-order valence-corrected chi connectivity index (χ1v) is 4.62. The number of carboxylic acids is 1. The van der Waals surface area contributed by atoms with E-state index in [0.29, 0.717) is 0 Å². The Morgan fingerprint density at radius 2 is 2.00 bits per heavy atom. The SMILES string of the molecule is CC=C(CC(=O)O)Cc1ccccc1. The lowest BCUT2D eigenvalue weighted by Gasteiger charge is -2.03. The van der Waals surface area contributed by atoms with Crippen molar-refractivity contribution in [2.24, 2.45) is 0 Å². The van der Waals surface area contributed by atoms with Gasteiger partial charge in [0.2, 0.25) is 0 Å². The molecule has 2 heteroatoms. The summed E-state index contributed by atoms with van der Waals surface area (Å²) in [6, 6.07) is 9.89. The molecule has 0 aliphatic heterocycles. The second kappa shape index (κ2) is 5.22. The van der Waals surface area contributed by atoms with Crippen molar-refractivity contribution in [2.75, 3.05) is 0 Å². The van der Waals surface area contributed by atoms with Crippen molar-refractivity contribution in [3.8, 4) is 0 Å². The van der Waals surface area contributed by atoms with Crippen LogP contribution in [0.1, 0.15) is 18.9 Å². The maximum Gasteiger partial charge on any atom is 0.307 e. The predicted octanol–water partition coefficient (Wildman–Crippen LogP) is 2.65. The van der Waals surface area contributed by atoms with Crippen LogP contribution >= 0.6 is 0 Å². The highest BCUT2D eigenvalue weighted by molar-refractivity contribution is 5.70. The van der Waals surface area contributed by atoms with Gasteiger partial charge in [0.15, 0.2) is 0 Å². The summed E-state index contributed by atoms with van der Waals surface area (Å²) in [5, 5.41) is 8.65. The van der Waals surface area contributed by atoms with E-state index in [-0.39, 0.29) is 6.42 Å². The highest BCUT2D eigenvalue weighted by Crippen LogP contribution is 2.10. The summed E-state index contributed by atoms with van der Waals surface area (Å²) in [4.78, 5) is 10.5. The normalized spacial score (nSPS) is 11.4. The zero-order valence-electron chi connectivity index (χ0n) is 8.23. The van der Waals surface area contributed by atoms with Gasteiger partial charge in [0.05, 0.1) is 6.42 Å². The molecule has 0 aromatic heterocycles. The van der Waals surface area contributed by atoms with Gasteiger partial charge in [0.1, 0.15) is 0 Å². The topological polar surface area (TPSA) is 37.3 Å². The lowest BCUT2D eigenvalue weighted by molar-refractivity contribution is -0.136. The molecule has 1 aromatic carbocycles. The lowest BCUT2D eigenvalue weighted by atomic mass is 10.0. The zero-order chi connectivity index (χ0) is 10.4. The van der Waals surface area contributed by atoms with Crippen LogP contribution in [0, 0.1) is 0 Å². The molecular formula is C12H14O2. The molecule has 0 amide bonds. The molecule has 1 rings (SSSR count). The van der Waals surface area contributed by atoms with E-state index >= 15 is 0 Å². The number of hydrogen-bond donors (Lipinski definition) is 1.